The number of alkyl halides is 6. The summed E-state index contributed by atoms with van der Waals surface area (Å²) in [6.07, 6.45) is -8.35. The lowest BCUT2D eigenvalue weighted by atomic mass is 10.0. The first-order chi connectivity index (χ1) is 25.1. The molecule has 0 amide bonds. The van der Waals surface area contributed by atoms with Crippen LogP contribution in [0.4, 0.5) is 42.1 Å². The summed E-state index contributed by atoms with van der Waals surface area (Å²) in [6.45, 7) is 7.91. The molecule has 0 aliphatic rings. The number of carbonyl (C=O) groups is 3. The summed E-state index contributed by atoms with van der Waals surface area (Å²) in [6, 6.07) is 17.5. The Kier molecular flexibility index (Phi) is 15.6. The van der Waals surface area contributed by atoms with Crippen LogP contribution < -0.4 is 20.1 Å². The molecule has 0 unspecified atom stereocenters. The van der Waals surface area contributed by atoms with Crippen molar-refractivity contribution >= 4 is 34.9 Å². The van der Waals surface area contributed by atoms with Crippen LogP contribution in [-0.2, 0) is 16.1 Å². The summed E-state index contributed by atoms with van der Waals surface area (Å²) in [5, 5.41) is 22.0. The fourth-order valence-corrected chi connectivity index (χ4v) is 4.36. The number of aromatic amines is 1. The van der Waals surface area contributed by atoms with E-state index in [-0.39, 0.29) is 35.7 Å². The molecule has 1 aromatic heterocycles. The van der Waals surface area contributed by atoms with Crippen molar-refractivity contribution in [1.82, 2.24) is 9.97 Å². The van der Waals surface area contributed by atoms with Gasteiger partial charge in [0.05, 0.1) is 36.8 Å². The van der Waals surface area contributed by atoms with E-state index in [4.69, 9.17) is 40.4 Å². The molecule has 0 spiro atoms. The Morgan fingerprint density at radius 3 is 1.98 bits per heavy atom. The molecule has 19 heteroatoms. The molecule has 0 radical (unpaired) electrons. The predicted molar refractivity (Wildman–Crippen MR) is 183 cm³/mol. The fraction of sp³-hybridized carbons (Fsp3) is 0.286. The Labute approximate surface area is 303 Å². The molecular weight excluding hydrogens is 735 g/mol. The zero-order chi connectivity index (χ0) is 41.0. The third-order valence-corrected chi connectivity index (χ3v) is 6.71. The Hall–Kier alpha value is -6.14. The highest BCUT2D eigenvalue weighted by Gasteiger charge is 2.39. The van der Waals surface area contributed by atoms with Crippen LogP contribution in [0.15, 0.2) is 66.9 Å². The van der Waals surface area contributed by atoms with Gasteiger partial charge in [0.2, 0.25) is 0 Å². The fourth-order valence-electron chi connectivity index (χ4n) is 4.36. The second-order valence-corrected chi connectivity index (χ2v) is 11.1. The lowest BCUT2D eigenvalue weighted by molar-refractivity contribution is -0.193. The van der Waals surface area contributed by atoms with Crippen molar-refractivity contribution in [2.75, 3.05) is 11.5 Å². The zero-order valence-corrected chi connectivity index (χ0v) is 29.1. The van der Waals surface area contributed by atoms with E-state index in [0.717, 1.165) is 5.56 Å². The summed E-state index contributed by atoms with van der Waals surface area (Å²) in [5.41, 5.74) is 9.14. The second-order valence-electron chi connectivity index (χ2n) is 11.1. The lowest BCUT2D eigenvalue weighted by Crippen LogP contribution is -2.21. The molecule has 0 saturated carbocycles. The van der Waals surface area contributed by atoms with Crippen molar-refractivity contribution in [3.05, 3.63) is 89.6 Å². The number of nitrogens with zero attached hydrogens (tertiary/aromatic N) is 2. The van der Waals surface area contributed by atoms with Gasteiger partial charge in [0.15, 0.2) is 17.3 Å². The number of carboxylic acids is 2. The maximum absolute atomic E-state index is 16.0. The van der Waals surface area contributed by atoms with E-state index in [0.29, 0.717) is 47.1 Å². The Bertz CT molecular complexity index is 1890. The smallest absolute Gasteiger partial charge is 0.490 e. The van der Waals surface area contributed by atoms with Crippen molar-refractivity contribution in [1.29, 1.82) is 5.41 Å². The molecule has 4 aromatic rings. The minimum Gasteiger partial charge on any atom is -0.494 e. The number of carbonyl (C=O) groups excluding carboxylic acids is 1. The van der Waals surface area contributed by atoms with Crippen LogP contribution >= 0.6 is 0 Å². The number of Topliss-reactive ketones (excluding diaryl/α,β-unsaturated/α-hetero) is 1. The van der Waals surface area contributed by atoms with Crippen molar-refractivity contribution in [2.24, 2.45) is 5.73 Å². The van der Waals surface area contributed by atoms with Crippen LogP contribution in [0.5, 0.6) is 11.5 Å². The number of nitrogens with one attached hydrogen (secondary N) is 2. The first-order valence-electron chi connectivity index (χ1n) is 15.7. The summed E-state index contributed by atoms with van der Waals surface area (Å²) in [7, 11) is 0. The van der Waals surface area contributed by atoms with Gasteiger partial charge in [0.1, 0.15) is 17.4 Å². The van der Waals surface area contributed by atoms with E-state index in [9.17, 15) is 31.1 Å². The van der Waals surface area contributed by atoms with E-state index in [1.165, 1.54) is 0 Å². The maximum atomic E-state index is 16.0. The van der Waals surface area contributed by atoms with E-state index < -0.39 is 30.1 Å². The maximum Gasteiger partial charge on any atom is 0.490 e. The number of amidine groups is 1. The highest BCUT2D eigenvalue weighted by atomic mass is 19.4. The molecule has 1 heterocycles. The van der Waals surface area contributed by atoms with Gasteiger partial charge in [-0.1, -0.05) is 31.2 Å². The quantitative estimate of drug-likeness (QED) is 0.0410. The van der Waals surface area contributed by atoms with Gasteiger partial charge < -0.3 is 35.3 Å². The van der Waals surface area contributed by atoms with Crippen LogP contribution in [0.1, 0.15) is 55.9 Å². The van der Waals surface area contributed by atoms with Gasteiger partial charge in [-0.3, -0.25) is 10.2 Å². The number of anilines is 2. The highest BCUT2D eigenvalue weighted by molar-refractivity contribution is 6.01. The Morgan fingerprint density at radius 2 is 1.50 bits per heavy atom. The van der Waals surface area contributed by atoms with E-state index >= 15 is 4.39 Å². The second kappa shape index (κ2) is 19.1. The molecule has 292 valence electrons. The number of ether oxygens (including phenoxy) is 2. The molecule has 6 N–H and O–H groups in total. The molecule has 0 saturated heterocycles. The number of imidazole rings is 1. The van der Waals surface area contributed by atoms with Crippen LogP contribution in [0.3, 0.4) is 0 Å². The number of hydrogen-bond donors (Lipinski definition) is 5. The SMILES string of the molecule is CCOc1cc(OC(C)C)c(F)c(N(Cc2ncc(-c3ccccc3C(=O)CC)[nH]2)c2ccc(C(=N)N)cc2)c1.O=C(O)C(F)(F)F.O=C(O)C(F)(F)F. The van der Waals surface area contributed by atoms with Gasteiger partial charge in [-0.2, -0.15) is 26.3 Å². The minimum atomic E-state index is -5.08. The summed E-state index contributed by atoms with van der Waals surface area (Å²) in [5.74, 6) is -4.99. The molecule has 12 nitrogen and oxygen atoms in total. The molecule has 3 aromatic carbocycles. The zero-order valence-electron chi connectivity index (χ0n) is 29.1. The first-order valence-corrected chi connectivity index (χ1v) is 15.7. The van der Waals surface area contributed by atoms with E-state index in [2.05, 4.69) is 9.97 Å². The normalized spacial score (nSPS) is 11.0. The monoisotopic (exact) mass is 771 g/mol. The van der Waals surface area contributed by atoms with Gasteiger partial charge in [0, 0.05) is 40.9 Å². The number of aromatic nitrogens is 2. The van der Waals surface area contributed by atoms with Gasteiger partial charge in [-0.15, -0.1) is 0 Å². The standard InChI is InChI=1S/C31H34FN5O3.2C2HF3O2/c1-5-27(38)24-10-8-7-9-23(24)25-17-35-29(36-25)18-37(21-13-11-20(12-14-21)31(33)34)26-15-22(39-6-2)16-28(30(26)32)40-19(3)4;2*3-2(4,5)1(6)7/h7-17,19H,5-6,18H2,1-4H3,(H3,33,34)(H,35,36);2*(H,6,7). The number of rotatable bonds is 12. The molecule has 0 fully saturated rings. The van der Waals surface area contributed by atoms with E-state index in [1.807, 2.05) is 45.9 Å². The molecule has 0 aliphatic carbocycles. The lowest BCUT2D eigenvalue weighted by Gasteiger charge is -2.26. The van der Waals surface area contributed by atoms with Crippen molar-refractivity contribution in [2.45, 2.75) is 59.1 Å². The van der Waals surface area contributed by atoms with Crippen LogP contribution in [-0.4, -0.2) is 68.8 Å². The van der Waals surface area contributed by atoms with Gasteiger partial charge in [-0.25, -0.2) is 19.0 Å². The van der Waals surface area contributed by atoms with E-state index in [1.54, 1.807) is 53.6 Å². The van der Waals surface area contributed by atoms with Crippen molar-refractivity contribution < 1.29 is 64.8 Å². The van der Waals surface area contributed by atoms with Crippen molar-refractivity contribution in [3.63, 3.8) is 0 Å². The number of carboxylic acid groups (broad SMARTS) is 2. The third kappa shape index (κ3) is 12.8. The molecular formula is C35H36F7N5O7. The number of halogens is 7. The van der Waals surface area contributed by atoms with Crippen LogP contribution in [0.2, 0.25) is 0 Å². The molecule has 0 aliphatic heterocycles. The van der Waals surface area contributed by atoms with Gasteiger partial charge in [0.25, 0.3) is 0 Å². The van der Waals surface area contributed by atoms with Gasteiger partial charge in [-0.05, 0) is 45.0 Å². The summed E-state index contributed by atoms with van der Waals surface area (Å²) >= 11 is 0. The number of benzene rings is 3. The average Bonchev–Trinajstić information content (AvgIpc) is 3.56. The number of nitrogen functional groups attached to an aromatic ring is 1. The first kappa shape index (κ1) is 44.0. The topological polar surface area (TPSA) is 192 Å². The average molecular weight is 772 g/mol. The molecule has 54 heavy (non-hydrogen) atoms. The van der Waals surface area contributed by atoms with Crippen LogP contribution in [0.25, 0.3) is 11.3 Å². The largest absolute Gasteiger partial charge is 0.494 e. The van der Waals surface area contributed by atoms with Gasteiger partial charge >= 0.3 is 24.3 Å². The Balaban J connectivity index is 0.000000610. The third-order valence-electron chi connectivity index (χ3n) is 6.71. The number of nitrogens with two attached hydrogens (primary N) is 1. The number of H-pyrrole nitrogens is 1. The highest BCUT2D eigenvalue weighted by Crippen LogP contribution is 2.38. The number of aliphatic carboxylic acids is 2. The number of ketones is 1. The predicted octanol–water partition coefficient (Wildman–Crippen LogP) is 7.88. The van der Waals surface area contributed by atoms with Crippen molar-refractivity contribution in [3.8, 4) is 22.8 Å². The molecule has 0 bridgehead atoms. The minimum absolute atomic E-state index is 0.0337. The van der Waals surface area contributed by atoms with Crippen LogP contribution in [0, 0.1) is 11.2 Å². The summed E-state index contributed by atoms with van der Waals surface area (Å²) < 4.78 is 91.0. The number of hydrogen-bond acceptors (Lipinski definition) is 8. The molecule has 4 rings (SSSR count). The molecule has 0 atom stereocenters. The Morgan fingerprint density at radius 1 is 0.944 bits per heavy atom. The summed E-state index contributed by atoms with van der Waals surface area (Å²) in [4.78, 5) is 40.0.